The Morgan fingerprint density at radius 2 is 0.980 bits per heavy atom. The van der Waals surface area contributed by atoms with E-state index in [4.69, 9.17) is 19.3 Å². The van der Waals surface area contributed by atoms with E-state index in [-0.39, 0.29) is 19.4 Å². The van der Waals surface area contributed by atoms with Gasteiger partial charge in [0.25, 0.3) is 0 Å². The molecule has 284 valence electrons. The van der Waals surface area contributed by atoms with Crippen LogP contribution in [-0.4, -0.2) is 41.0 Å². The van der Waals surface area contributed by atoms with Gasteiger partial charge in [-0.2, -0.15) is 0 Å². The van der Waals surface area contributed by atoms with Gasteiger partial charge in [-0.05, 0) is 83.5 Å². The van der Waals surface area contributed by atoms with Crippen LogP contribution in [0, 0.1) is 0 Å². The summed E-state index contributed by atoms with van der Waals surface area (Å²) in [5, 5.41) is 0. The predicted molar refractivity (Wildman–Crippen MR) is 207 cm³/mol. The molecule has 0 fully saturated rings. The molecule has 9 heteroatoms. The van der Waals surface area contributed by atoms with Gasteiger partial charge in [0, 0.05) is 12.8 Å². The Balaban J connectivity index is 4.12. The molecule has 0 spiro atoms. The molecule has 0 aromatic rings. The normalized spacial score (nSPS) is 13.4. The van der Waals surface area contributed by atoms with Gasteiger partial charge in [0.05, 0.1) is 6.61 Å². The Labute approximate surface area is 303 Å². The SMILES string of the molecule is CC/C=C\C/C=C\C/C=C\C/C=C\C/C=C\CCCC(=O)OC[C@H](COP(=O)(O)O)OC(=O)CCCCCCC/C=C\C/C=C\CCCCC. The van der Waals surface area contributed by atoms with Crippen molar-refractivity contribution in [2.45, 2.75) is 148 Å². The quantitative estimate of drug-likeness (QED) is 0.0298. The second-order valence-corrected chi connectivity index (χ2v) is 13.4. The first-order valence-electron chi connectivity index (χ1n) is 18.9. The second kappa shape index (κ2) is 36.0. The minimum absolute atomic E-state index is 0.179. The first-order chi connectivity index (χ1) is 24.3. The van der Waals surface area contributed by atoms with Crippen LogP contribution in [0.5, 0.6) is 0 Å². The molecular weight excluding hydrogens is 651 g/mol. The molecule has 1 atom stereocenters. The highest BCUT2D eigenvalue weighted by molar-refractivity contribution is 7.46. The van der Waals surface area contributed by atoms with Crippen molar-refractivity contribution in [3.05, 3.63) is 85.1 Å². The number of carbonyl (C=O) groups excluding carboxylic acids is 2. The lowest BCUT2D eigenvalue weighted by molar-refractivity contribution is -0.161. The maximum atomic E-state index is 12.4. The molecule has 0 unspecified atom stereocenters. The van der Waals surface area contributed by atoms with Crippen molar-refractivity contribution < 1.29 is 37.9 Å². The molecule has 0 amide bonds. The second-order valence-electron chi connectivity index (χ2n) is 12.2. The molecule has 8 nitrogen and oxygen atoms in total. The van der Waals surface area contributed by atoms with Crippen LogP contribution in [0.1, 0.15) is 142 Å². The van der Waals surface area contributed by atoms with E-state index in [1.54, 1.807) is 0 Å². The summed E-state index contributed by atoms with van der Waals surface area (Å²) >= 11 is 0. The summed E-state index contributed by atoms with van der Waals surface area (Å²) in [6, 6.07) is 0. The minimum atomic E-state index is -4.77. The molecule has 0 saturated carbocycles. The molecule has 0 aromatic heterocycles. The Morgan fingerprint density at radius 1 is 0.540 bits per heavy atom. The van der Waals surface area contributed by atoms with E-state index in [1.165, 1.54) is 19.3 Å². The molecule has 0 bridgehead atoms. The third-order valence-electron chi connectivity index (χ3n) is 7.40. The summed E-state index contributed by atoms with van der Waals surface area (Å²) in [6.07, 6.45) is 47.3. The number of unbranched alkanes of at least 4 members (excludes halogenated alkanes) is 9. The van der Waals surface area contributed by atoms with Crippen molar-refractivity contribution in [3.8, 4) is 0 Å². The first-order valence-corrected chi connectivity index (χ1v) is 20.4. The smallest absolute Gasteiger partial charge is 0.462 e. The number of phosphoric ester groups is 1. The number of hydrogen-bond acceptors (Lipinski definition) is 6. The summed E-state index contributed by atoms with van der Waals surface area (Å²) in [7, 11) is -4.77. The molecular formula is C41H67O8P. The third kappa shape index (κ3) is 38.0. The van der Waals surface area contributed by atoms with Gasteiger partial charge in [0.2, 0.25) is 0 Å². The number of esters is 2. The Hall–Kier alpha value is -2.77. The van der Waals surface area contributed by atoms with Crippen LogP contribution < -0.4 is 0 Å². The van der Waals surface area contributed by atoms with E-state index in [0.717, 1.165) is 83.5 Å². The van der Waals surface area contributed by atoms with E-state index < -0.39 is 32.5 Å². The summed E-state index contributed by atoms with van der Waals surface area (Å²) < 4.78 is 26.2. The van der Waals surface area contributed by atoms with Crippen molar-refractivity contribution in [1.29, 1.82) is 0 Å². The number of phosphoric acid groups is 1. The van der Waals surface area contributed by atoms with Crippen LogP contribution in [0.3, 0.4) is 0 Å². The number of carbonyl (C=O) groups is 2. The Kier molecular flexibility index (Phi) is 34.0. The molecule has 2 N–H and O–H groups in total. The van der Waals surface area contributed by atoms with E-state index in [2.05, 4.69) is 97.4 Å². The van der Waals surface area contributed by atoms with Crippen molar-refractivity contribution in [3.63, 3.8) is 0 Å². The van der Waals surface area contributed by atoms with Gasteiger partial charge in [0.1, 0.15) is 6.61 Å². The fraction of sp³-hybridized carbons (Fsp3) is 0.610. The largest absolute Gasteiger partial charge is 0.469 e. The number of allylic oxidation sites excluding steroid dienone is 14. The Bertz CT molecular complexity index is 1080. The first kappa shape index (κ1) is 47.2. The van der Waals surface area contributed by atoms with E-state index >= 15 is 0 Å². The van der Waals surface area contributed by atoms with Crippen LogP contribution in [-0.2, 0) is 28.2 Å². The molecule has 50 heavy (non-hydrogen) atoms. The van der Waals surface area contributed by atoms with Crippen LogP contribution in [0.25, 0.3) is 0 Å². The monoisotopic (exact) mass is 718 g/mol. The fourth-order valence-corrected chi connectivity index (χ4v) is 4.97. The summed E-state index contributed by atoms with van der Waals surface area (Å²) in [4.78, 5) is 42.7. The van der Waals surface area contributed by atoms with Crippen molar-refractivity contribution in [2.75, 3.05) is 13.2 Å². The van der Waals surface area contributed by atoms with Gasteiger partial charge in [-0.25, -0.2) is 4.57 Å². The zero-order valence-corrected chi connectivity index (χ0v) is 31.9. The average Bonchev–Trinajstić information content (AvgIpc) is 3.08. The van der Waals surface area contributed by atoms with Gasteiger partial charge in [-0.15, -0.1) is 0 Å². The fourth-order valence-electron chi connectivity index (χ4n) is 4.61. The van der Waals surface area contributed by atoms with E-state index in [1.807, 2.05) is 6.08 Å². The van der Waals surface area contributed by atoms with Crippen molar-refractivity contribution >= 4 is 19.8 Å². The standard InChI is InChI=1S/C41H67O8P/c1-3-5-7-9-11-13-15-17-19-20-22-23-25-27-29-31-33-35-40(42)47-37-39(38-48-50(44,45)46)49-41(43)36-34-32-30-28-26-24-21-18-16-14-12-10-8-6-4-2/h5,7,11-14,17-19,21-23,27,29,39H,3-4,6,8-10,15-16,20,24-26,28,30-38H2,1-2H3,(H2,44,45,46)/b7-5-,13-11-,14-12-,19-17-,21-18-,23-22-,29-27-/t39-/m1/s1. The minimum Gasteiger partial charge on any atom is -0.462 e. The summed E-state index contributed by atoms with van der Waals surface area (Å²) in [5.74, 6) is -0.979. The summed E-state index contributed by atoms with van der Waals surface area (Å²) in [5.41, 5.74) is 0. The maximum absolute atomic E-state index is 12.4. The van der Waals surface area contributed by atoms with E-state index in [0.29, 0.717) is 12.8 Å². The molecule has 0 heterocycles. The Morgan fingerprint density at radius 3 is 1.50 bits per heavy atom. The lowest BCUT2D eigenvalue weighted by Crippen LogP contribution is -2.29. The van der Waals surface area contributed by atoms with Crippen molar-refractivity contribution in [2.24, 2.45) is 0 Å². The number of rotatable bonds is 33. The number of hydrogen-bond donors (Lipinski definition) is 2. The van der Waals surface area contributed by atoms with Gasteiger partial charge >= 0.3 is 19.8 Å². The van der Waals surface area contributed by atoms with Gasteiger partial charge < -0.3 is 19.3 Å². The zero-order valence-electron chi connectivity index (χ0n) is 31.0. The molecule has 0 aliphatic carbocycles. The average molecular weight is 719 g/mol. The highest BCUT2D eigenvalue weighted by Crippen LogP contribution is 2.35. The van der Waals surface area contributed by atoms with Crippen LogP contribution in [0.15, 0.2) is 85.1 Å². The topological polar surface area (TPSA) is 119 Å². The molecule has 0 aromatic carbocycles. The highest BCUT2D eigenvalue weighted by Gasteiger charge is 2.22. The predicted octanol–water partition coefficient (Wildman–Crippen LogP) is 11.3. The zero-order chi connectivity index (χ0) is 36.8. The lowest BCUT2D eigenvalue weighted by Gasteiger charge is -2.18. The van der Waals surface area contributed by atoms with Crippen molar-refractivity contribution in [1.82, 2.24) is 0 Å². The molecule has 0 aliphatic heterocycles. The molecule has 0 radical (unpaired) electrons. The van der Waals surface area contributed by atoms with Gasteiger partial charge in [-0.1, -0.05) is 131 Å². The number of ether oxygens (including phenoxy) is 2. The van der Waals surface area contributed by atoms with Crippen LogP contribution in [0.4, 0.5) is 0 Å². The third-order valence-corrected chi connectivity index (χ3v) is 7.88. The highest BCUT2D eigenvalue weighted by atomic mass is 31.2. The van der Waals surface area contributed by atoms with E-state index in [9.17, 15) is 14.2 Å². The maximum Gasteiger partial charge on any atom is 0.469 e. The summed E-state index contributed by atoms with van der Waals surface area (Å²) in [6.45, 7) is 3.46. The lowest BCUT2D eigenvalue weighted by atomic mass is 10.1. The van der Waals surface area contributed by atoms with Gasteiger partial charge in [-0.3, -0.25) is 14.1 Å². The molecule has 0 aliphatic rings. The van der Waals surface area contributed by atoms with Crippen LogP contribution >= 0.6 is 7.82 Å². The van der Waals surface area contributed by atoms with Crippen LogP contribution in [0.2, 0.25) is 0 Å². The molecule has 0 saturated heterocycles. The molecule has 0 rings (SSSR count). The van der Waals surface area contributed by atoms with Gasteiger partial charge in [0.15, 0.2) is 6.10 Å².